The molecule has 0 radical (unpaired) electrons. The molecule has 1 aromatic carbocycles. The molecule has 5 atom stereocenters. The predicted molar refractivity (Wildman–Crippen MR) is 83.4 cm³/mol. The molecule has 1 aliphatic rings. The Morgan fingerprint density at radius 2 is 1.71 bits per heavy atom. The maximum atomic E-state index is 10.1. The molecule has 0 aliphatic carbocycles. The standard InChI is InChI=1S/C14H19N5O5/c15-6-1-5(2-7(16)3-6)13-17-14(19-18-13)12-11(23)10(22)9(21)8(4-20)24-12/h1-3,8-12,20-23H,4,15-16H2,(H,17,18,19)/t8?,9-,10?,11+,12-/m1/s1. The maximum absolute atomic E-state index is 10.1. The first-order valence-corrected chi connectivity index (χ1v) is 7.30. The van der Waals surface area contributed by atoms with Gasteiger partial charge in [0.15, 0.2) is 11.6 Å². The second kappa shape index (κ2) is 6.34. The van der Waals surface area contributed by atoms with Gasteiger partial charge in [0.1, 0.15) is 30.5 Å². The Bertz CT molecular complexity index is 701. The summed E-state index contributed by atoms with van der Waals surface area (Å²) in [5.41, 5.74) is 12.9. The van der Waals surface area contributed by atoms with E-state index in [0.717, 1.165) is 0 Å². The van der Waals surface area contributed by atoms with Crippen molar-refractivity contribution in [2.24, 2.45) is 0 Å². The molecule has 0 amide bonds. The summed E-state index contributed by atoms with van der Waals surface area (Å²) in [5, 5.41) is 45.6. The lowest BCUT2D eigenvalue weighted by Gasteiger charge is -2.38. The van der Waals surface area contributed by atoms with Crippen molar-refractivity contribution < 1.29 is 25.2 Å². The second-order valence-corrected chi connectivity index (χ2v) is 5.68. The number of aliphatic hydroxyl groups is 4. The molecule has 1 fully saturated rings. The highest BCUT2D eigenvalue weighted by Gasteiger charge is 2.45. The van der Waals surface area contributed by atoms with Gasteiger partial charge in [0.05, 0.1) is 6.61 Å². The van der Waals surface area contributed by atoms with Crippen LogP contribution < -0.4 is 11.5 Å². The Morgan fingerprint density at radius 3 is 2.33 bits per heavy atom. The normalized spacial score (nSPS) is 30.4. The summed E-state index contributed by atoms with van der Waals surface area (Å²) >= 11 is 0. The lowest BCUT2D eigenvalue weighted by molar-refractivity contribution is -0.233. The first-order chi connectivity index (χ1) is 11.4. The van der Waals surface area contributed by atoms with E-state index in [1.165, 1.54) is 0 Å². The van der Waals surface area contributed by atoms with Gasteiger partial charge in [-0.1, -0.05) is 0 Å². The number of nitrogen functional groups attached to an aromatic ring is 2. The molecule has 2 heterocycles. The quantitative estimate of drug-likeness (QED) is 0.316. The first-order valence-electron chi connectivity index (χ1n) is 7.30. The average Bonchev–Trinajstić information content (AvgIpc) is 3.02. The van der Waals surface area contributed by atoms with Crippen molar-refractivity contribution in [1.29, 1.82) is 0 Å². The van der Waals surface area contributed by atoms with Gasteiger partial charge in [0, 0.05) is 16.9 Å². The highest BCUT2D eigenvalue weighted by atomic mass is 16.5. The smallest absolute Gasteiger partial charge is 0.181 e. The number of H-pyrrole nitrogens is 1. The number of aromatic amines is 1. The number of hydrogen-bond donors (Lipinski definition) is 7. The van der Waals surface area contributed by atoms with Crippen LogP contribution in [0.4, 0.5) is 11.4 Å². The monoisotopic (exact) mass is 337 g/mol. The number of nitrogens with zero attached hydrogens (tertiary/aromatic N) is 2. The molecule has 1 saturated heterocycles. The van der Waals surface area contributed by atoms with Gasteiger partial charge in [-0.05, 0) is 18.2 Å². The number of aliphatic hydroxyl groups excluding tert-OH is 4. The molecule has 0 bridgehead atoms. The van der Waals surface area contributed by atoms with Crippen molar-refractivity contribution in [3.63, 3.8) is 0 Å². The topological polar surface area (TPSA) is 184 Å². The molecule has 9 N–H and O–H groups in total. The maximum Gasteiger partial charge on any atom is 0.181 e. The van der Waals surface area contributed by atoms with E-state index in [1.54, 1.807) is 18.2 Å². The van der Waals surface area contributed by atoms with E-state index in [9.17, 15) is 20.4 Å². The van der Waals surface area contributed by atoms with Crippen LogP contribution in [0.2, 0.25) is 0 Å². The highest BCUT2D eigenvalue weighted by molar-refractivity contribution is 5.67. The zero-order valence-electron chi connectivity index (χ0n) is 12.6. The van der Waals surface area contributed by atoms with Crippen LogP contribution in [0.5, 0.6) is 0 Å². The molecule has 1 aromatic heterocycles. The third-order valence-corrected chi connectivity index (χ3v) is 3.90. The molecule has 24 heavy (non-hydrogen) atoms. The Morgan fingerprint density at radius 1 is 1.04 bits per heavy atom. The van der Waals surface area contributed by atoms with Crippen LogP contribution in [0.1, 0.15) is 11.9 Å². The number of ether oxygens (including phenoxy) is 1. The van der Waals surface area contributed by atoms with Gasteiger partial charge in [0.25, 0.3) is 0 Å². The molecule has 1 aliphatic heterocycles. The number of hydrogen-bond acceptors (Lipinski definition) is 9. The van der Waals surface area contributed by atoms with Crippen LogP contribution in [0, 0.1) is 0 Å². The second-order valence-electron chi connectivity index (χ2n) is 5.68. The van der Waals surface area contributed by atoms with Crippen LogP contribution in [0.15, 0.2) is 18.2 Å². The average molecular weight is 337 g/mol. The van der Waals surface area contributed by atoms with Crippen LogP contribution in [0.3, 0.4) is 0 Å². The van der Waals surface area contributed by atoms with Crippen molar-refractivity contribution >= 4 is 11.4 Å². The Balaban J connectivity index is 1.89. The predicted octanol–water partition coefficient (Wildman–Crippen LogP) is -1.85. The minimum atomic E-state index is -1.49. The van der Waals surface area contributed by atoms with Gasteiger partial charge in [-0.15, -0.1) is 0 Å². The third kappa shape index (κ3) is 2.92. The number of nitrogens with two attached hydrogens (primary N) is 2. The van der Waals surface area contributed by atoms with E-state index in [1.807, 2.05) is 0 Å². The summed E-state index contributed by atoms with van der Waals surface area (Å²) in [6.45, 7) is -0.520. The molecular weight excluding hydrogens is 318 g/mol. The van der Waals surface area contributed by atoms with Gasteiger partial charge in [-0.2, -0.15) is 5.10 Å². The van der Waals surface area contributed by atoms with Crippen molar-refractivity contribution in [2.75, 3.05) is 18.1 Å². The summed E-state index contributed by atoms with van der Waals surface area (Å²) in [5.74, 6) is 0.420. The summed E-state index contributed by atoms with van der Waals surface area (Å²) in [7, 11) is 0. The number of rotatable bonds is 3. The Hall–Kier alpha value is -2.24. The summed E-state index contributed by atoms with van der Waals surface area (Å²) < 4.78 is 5.42. The van der Waals surface area contributed by atoms with Crippen LogP contribution in [-0.4, -0.2) is 66.6 Å². The SMILES string of the molecule is Nc1cc(N)cc(-c2n[nH]c([C@@H]3OC(CO)[C@@H](O)C(O)[C@@H]3O)n2)c1. The lowest BCUT2D eigenvalue weighted by atomic mass is 9.95. The molecule has 0 saturated carbocycles. The molecule has 3 rings (SSSR count). The van der Waals surface area contributed by atoms with Crippen molar-refractivity contribution in [3.8, 4) is 11.4 Å². The fourth-order valence-electron chi connectivity index (χ4n) is 2.66. The molecule has 10 heteroatoms. The fourth-order valence-corrected chi connectivity index (χ4v) is 2.66. The molecule has 0 spiro atoms. The van der Waals surface area contributed by atoms with Gasteiger partial charge in [-0.25, -0.2) is 4.98 Å². The molecule has 2 unspecified atom stereocenters. The van der Waals surface area contributed by atoms with Crippen molar-refractivity contribution in [3.05, 3.63) is 24.0 Å². The van der Waals surface area contributed by atoms with E-state index < -0.39 is 37.1 Å². The van der Waals surface area contributed by atoms with Crippen molar-refractivity contribution in [2.45, 2.75) is 30.5 Å². The van der Waals surface area contributed by atoms with Gasteiger partial charge < -0.3 is 36.6 Å². The zero-order valence-corrected chi connectivity index (χ0v) is 12.6. The van der Waals surface area contributed by atoms with Crippen LogP contribution >= 0.6 is 0 Å². The minimum Gasteiger partial charge on any atom is -0.399 e. The number of nitrogens with one attached hydrogen (secondary N) is 1. The summed E-state index contributed by atoms with van der Waals surface area (Å²) in [6, 6.07) is 4.86. The Kier molecular flexibility index (Phi) is 4.39. The van der Waals surface area contributed by atoms with Crippen LogP contribution in [-0.2, 0) is 4.74 Å². The van der Waals surface area contributed by atoms with Crippen molar-refractivity contribution in [1.82, 2.24) is 15.2 Å². The Labute approximate surface area is 136 Å². The highest BCUT2D eigenvalue weighted by Crippen LogP contribution is 2.31. The van der Waals surface area contributed by atoms with E-state index in [0.29, 0.717) is 16.9 Å². The first kappa shape index (κ1) is 16.6. The minimum absolute atomic E-state index is 0.142. The van der Waals surface area contributed by atoms with E-state index in [4.69, 9.17) is 16.2 Å². The fraction of sp³-hybridized carbons (Fsp3) is 0.429. The van der Waals surface area contributed by atoms with E-state index >= 15 is 0 Å². The summed E-state index contributed by atoms with van der Waals surface area (Å²) in [6.07, 6.45) is -6.46. The molecular formula is C14H19N5O5. The number of benzene rings is 1. The lowest BCUT2D eigenvalue weighted by Crippen LogP contribution is -2.55. The zero-order chi connectivity index (χ0) is 17.4. The van der Waals surface area contributed by atoms with E-state index in [2.05, 4.69) is 15.2 Å². The van der Waals surface area contributed by atoms with Gasteiger partial charge in [-0.3, -0.25) is 5.10 Å². The number of aromatic nitrogens is 3. The van der Waals surface area contributed by atoms with Gasteiger partial charge >= 0.3 is 0 Å². The van der Waals surface area contributed by atoms with Gasteiger partial charge in [0.2, 0.25) is 0 Å². The van der Waals surface area contributed by atoms with E-state index in [-0.39, 0.29) is 11.6 Å². The largest absolute Gasteiger partial charge is 0.399 e. The third-order valence-electron chi connectivity index (χ3n) is 3.90. The molecule has 2 aromatic rings. The molecule has 10 nitrogen and oxygen atoms in total. The number of anilines is 2. The summed E-state index contributed by atoms with van der Waals surface area (Å²) in [4.78, 5) is 4.23. The molecule has 130 valence electrons. The van der Waals surface area contributed by atoms with Crippen LogP contribution in [0.25, 0.3) is 11.4 Å².